The largest absolute Gasteiger partial charge is 0.325 e. The van der Waals surface area contributed by atoms with Gasteiger partial charge >= 0.3 is 0 Å². The maximum atomic E-state index is 12.7. The summed E-state index contributed by atoms with van der Waals surface area (Å²) in [6.45, 7) is 10.1. The van der Waals surface area contributed by atoms with E-state index in [9.17, 15) is 9.59 Å². The number of aryl methyl sites for hydroxylation is 1. The van der Waals surface area contributed by atoms with Gasteiger partial charge in [0.25, 0.3) is 0 Å². The fourth-order valence-corrected chi connectivity index (χ4v) is 2.99. The molecule has 0 spiro atoms. The van der Waals surface area contributed by atoms with Gasteiger partial charge in [0.1, 0.15) is 0 Å². The molecule has 0 aliphatic carbocycles. The zero-order valence-corrected chi connectivity index (χ0v) is 17.7. The molecule has 5 heteroatoms. The number of hydrogen-bond acceptors (Lipinski definition) is 3. The first-order chi connectivity index (χ1) is 13.2. The van der Waals surface area contributed by atoms with E-state index in [1.807, 2.05) is 56.3 Å². The number of carbonyl (C=O) groups is 2. The average Bonchev–Trinajstić information content (AvgIpc) is 2.65. The molecule has 0 fully saturated rings. The second kappa shape index (κ2) is 9.51. The standard InChI is InChI=1S/C23H31N3O2/c1-15(2)19-11-7-8-12-21(19)25-23(28)18(5)26(6)14-22(27)24-20-13-9-10-16(3)17(20)4/h7-13,15,18H,14H2,1-6H3,(H,24,27)(H,25,28). The monoisotopic (exact) mass is 381 g/mol. The lowest BCUT2D eigenvalue weighted by molar-refractivity contribution is -0.122. The second-order valence-electron chi connectivity index (χ2n) is 7.62. The van der Waals surface area contributed by atoms with Gasteiger partial charge in [0, 0.05) is 11.4 Å². The van der Waals surface area contributed by atoms with E-state index in [4.69, 9.17) is 0 Å². The number of hydrogen-bond donors (Lipinski definition) is 2. The van der Waals surface area contributed by atoms with Crippen LogP contribution in [-0.2, 0) is 9.59 Å². The molecule has 5 nitrogen and oxygen atoms in total. The maximum absolute atomic E-state index is 12.7. The number of anilines is 2. The maximum Gasteiger partial charge on any atom is 0.241 e. The Morgan fingerprint density at radius 2 is 1.57 bits per heavy atom. The minimum atomic E-state index is -0.440. The summed E-state index contributed by atoms with van der Waals surface area (Å²) in [5.41, 5.74) is 4.90. The van der Waals surface area contributed by atoms with Crippen molar-refractivity contribution in [3.8, 4) is 0 Å². The molecule has 2 rings (SSSR count). The fraction of sp³-hybridized carbons (Fsp3) is 0.391. The molecule has 0 bridgehead atoms. The lowest BCUT2D eigenvalue weighted by atomic mass is 10.0. The summed E-state index contributed by atoms with van der Waals surface area (Å²) in [5, 5.41) is 5.94. The third-order valence-corrected chi connectivity index (χ3v) is 5.15. The summed E-state index contributed by atoms with van der Waals surface area (Å²) in [6.07, 6.45) is 0. The summed E-state index contributed by atoms with van der Waals surface area (Å²) >= 11 is 0. The Hall–Kier alpha value is -2.66. The van der Waals surface area contributed by atoms with E-state index in [1.165, 1.54) is 0 Å². The van der Waals surface area contributed by atoms with Gasteiger partial charge < -0.3 is 10.6 Å². The van der Waals surface area contributed by atoms with Crippen LogP contribution >= 0.6 is 0 Å². The number of benzene rings is 2. The molecule has 0 radical (unpaired) electrons. The number of rotatable bonds is 7. The molecular weight excluding hydrogens is 350 g/mol. The molecule has 0 aromatic heterocycles. The van der Waals surface area contributed by atoms with Gasteiger partial charge in [-0.15, -0.1) is 0 Å². The number of carbonyl (C=O) groups excluding carboxylic acids is 2. The minimum Gasteiger partial charge on any atom is -0.325 e. The molecule has 2 N–H and O–H groups in total. The number of nitrogens with zero attached hydrogens (tertiary/aromatic N) is 1. The Balaban J connectivity index is 1.98. The molecule has 0 saturated heterocycles. The predicted octanol–water partition coefficient (Wildman–Crippen LogP) is 4.32. The van der Waals surface area contributed by atoms with Gasteiger partial charge in [-0.1, -0.05) is 44.2 Å². The third kappa shape index (κ3) is 5.42. The SMILES string of the molecule is Cc1cccc(NC(=O)CN(C)C(C)C(=O)Nc2ccccc2C(C)C)c1C. The van der Waals surface area contributed by atoms with Crippen molar-refractivity contribution in [2.75, 3.05) is 24.2 Å². The smallest absolute Gasteiger partial charge is 0.241 e. The van der Waals surface area contributed by atoms with Gasteiger partial charge in [-0.3, -0.25) is 14.5 Å². The van der Waals surface area contributed by atoms with Crippen LogP contribution in [0.2, 0.25) is 0 Å². The van der Waals surface area contributed by atoms with E-state index in [0.29, 0.717) is 5.92 Å². The first-order valence-corrected chi connectivity index (χ1v) is 9.66. The number of nitrogens with one attached hydrogen (secondary N) is 2. The third-order valence-electron chi connectivity index (χ3n) is 5.15. The zero-order valence-electron chi connectivity index (χ0n) is 17.7. The highest BCUT2D eigenvalue weighted by Crippen LogP contribution is 2.24. The molecule has 28 heavy (non-hydrogen) atoms. The lowest BCUT2D eigenvalue weighted by Crippen LogP contribution is -2.43. The van der Waals surface area contributed by atoms with Gasteiger partial charge in [-0.05, 0) is 62.6 Å². The predicted molar refractivity (Wildman–Crippen MR) is 116 cm³/mol. The van der Waals surface area contributed by atoms with Crippen LogP contribution < -0.4 is 10.6 Å². The molecule has 0 aliphatic heterocycles. The van der Waals surface area contributed by atoms with Crippen LogP contribution in [-0.4, -0.2) is 36.3 Å². The highest BCUT2D eigenvalue weighted by molar-refractivity contribution is 5.97. The molecule has 1 atom stereocenters. The van der Waals surface area contributed by atoms with E-state index >= 15 is 0 Å². The van der Waals surface area contributed by atoms with Crippen LogP contribution in [0.15, 0.2) is 42.5 Å². The molecule has 1 unspecified atom stereocenters. The summed E-state index contributed by atoms with van der Waals surface area (Å²) in [5.74, 6) is 0.0430. The number of para-hydroxylation sites is 1. The van der Waals surface area contributed by atoms with E-state index in [-0.39, 0.29) is 18.4 Å². The van der Waals surface area contributed by atoms with E-state index < -0.39 is 6.04 Å². The van der Waals surface area contributed by atoms with Crippen LogP contribution in [0.5, 0.6) is 0 Å². The van der Waals surface area contributed by atoms with Crippen LogP contribution in [0.1, 0.15) is 43.4 Å². The Morgan fingerprint density at radius 3 is 2.25 bits per heavy atom. The van der Waals surface area contributed by atoms with E-state index in [1.54, 1.807) is 18.9 Å². The van der Waals surface area contributed by atoms with Crippen molar-refractivity contribution in [2.24, 2.45) is 0 Å². The lowest BCUT2D eigenvalue weighted by Gasteiger charge is -2.24. The fourth-order valence-electron chi connectivity index (χ4n) is 2.99. The molecular formula is C23H31N3O2. The van der Waals surface area contributed by atoms with Crippen LogP contribution in [0, 0.1) is 13.8 Å². The number of likely N-dealkylation sites (N-methyl/N-ethyl adjacent to an activating group) is 1. The molecule has 0 heterocycles. The summed E-state index contributed by atoms with van der Waals surface area (Å²) in [6, 6.07) is 13.2. The van der Waals surface area contributed by atoms with Crippen molar-refractivity contribution < 1.29 is 9.59 Å². The van der Waals surface area contributed by atoms with E-state index in [0.717, 1.165) is 28.1 Å². The molecule has 2 amide bonds. The molecule has 2 aromatic carbocycles. The molecule has 2 aromatic rings. The van der Waals surface area contributed by atoms with Crippen LogP contribution in [0.25, 0.3) is 0 Å². The van der Waals surface area contributed by atoms with Crippen molar-refractivity contribution in [3.63, 3.8) is 0 Å². The normalized spacial score (nSPS) is 12.1. The highest BCUT2D eigenvalue weighted by atomic mass is 16.2. The Bertz CT molecular complexity index is 845. The summed E-state index contributed by atoms with van der Waals surface area (Å²) in [7, 11) is 1.78. The van der Waals surface area contributed by atoms with Crippen LogP contribution in [0.3, 0.4) is 0 Å². The van der Waals surface area contributed by atoms with Gasteiger partial charge in [0.15, 0.2) is 0 Å². The zero-order chi connectivity index (χ0) is 20.8. The molecule has 0 saturated carbocycles. The van der Waals surface area contributed by atoms with Crippen molar-refractivity contribution in [1.29, 1.82) is 0 Å². The van der Waals surface area contributed by atoms with Gasteiger partial charge in [-0.25, -0.2) is 0 Å². The number of amides is 2. The minimum absolute atomic E-state index is 0.130. The van der Waals surface area contributed by atoms with Gasteiger partial charge in [-0.2, -0.15) is 0 Å². The Morgan fingerprint density at radius 1 is 0.929 bits per heavy atom. The summed E-state index contributed by atoms with van der Waals surface area (Å²) < 4.78 is 0. The molecule has 150 valence electrons. The second-order valence-corrected chi connectivity index (χ2v) is 7.62. The Labute approximate surface area is 168 Å². The van der Waals surface area contributed by atoms with Gasteiger partial charge in [0.2, 0.25) is 11.8 Å². The van der Waals surface area contributed by atoms with Crippen molar-refractivity contribution in [2.45, 2.75) is 46.6 Å². The summed E-state index contributed by atoms with van der Waals surface area (Å²) in [4.78, 5) is 26.9. The van der Waals surface area contributed by atoms with E-state index in [2.05, 4.69) is 24.5 Å². The topological polar surface area (TPSA) is 61.4 Å². The first-order valence-electron chi connectivity index (χ1n) is 9.66. The van der Waals surface area contributed by atoms with Crippen molar-refractivity contribution >= 4 is 23.2 Å². The van der Waals surface area contributed by atoms with Crippen molar-refractivity contribution in [3.05, 3.63) is 59.2 Å². The quantitative estimate of drug-likeness (QED) is 0.751. The van der Waals surface area contributed by atoms with Crippen molar-refractivity contribution in [1.82, 2.24) is 4.90 Å². The average molecular weight is 382 g/mol. The van der Waals surface area contributed by atoms with Crippen LogP contribution in [0.4, 0.5) is 11.4 Å². The molecule has 0 aliphatic rings. The van der Waals surface area contributed by atoms with Gasteiger partial charge in [0.05, 0.1) is 12.6 Å². The highest BCUT2D eigenvalue weighted by Gasteiger charge is 2.21. The Kier molecular flexibility index (Phi) is 7.35. The first kappa shape index (κ1) is 21.6.